The first-order valence-corrected chi connectivity index (χ1v) is 10.4. The van der Waals surface area contributed by atoms with Crippen molar-refractivity contribution in [1.29, 1.82) is 0 Å². The first-order valence-electron chi connectivity index (χ1n) is 9.63. The fourth-order valence-electron chi connectivity index (χ4n) is 3.32. The van der Waals surface area contributed by atoms with Gasteiger partial charge >= 0.3 is 6.09 Å². The van der Waals surface area contributed by atoms with Crippen LogP contribution in [0.25, 0.3) is 0 Å². The average molecular weight is 466 g/mol. The molecule has 8 nitrogen and oxygen atoms in total. The van der Waals surface area contributed by atoms with Crippen LogP contribution in [0.3, 0.4) is 0 Å². The molecule has 1 atom stereocenters. The largest absolute Gasteiger partial charge is 0.444 e. The molecular formula is C21H24ClN3O5S. The molecule has 2 aliphatic rings. The maximum atomic E-state index is 13.2. The number of rotatable bonds is 2. The summed E-state index contributed by atoms with van der Waals surface area (Å²) in [5.74, 6) is -1.25. The van der Waals surface area contributed by atoms with E-state index < -0.39 is 35.3 Å². The molecule has 0 spiro atoms. The van der Waals surface area contributed by atoms with Crippen LogP contribution in [0, 0.1) is 0 Å². The van der Waals surface area contributed by atoms with Crippen LogP contribution in [-0.2, 0) is 19.1 Å². The van der Waals surface area contributed by atoms with Gasteiger partial charge in [-0.2, -0.15) is 0 Å². The van der Waals surface area contributed by atoms with Crippen molar-refractivity contribution in [2.24, 2.45) is 0 Å². The zero-order valence-electron chi connectivity index (χ0n) is 17.9. The van der Waals surface area contributed by atoms with Crippen molar-refractivity contribution in [3.05, 3.63) is 40.9 Å². The third-order valence-electron chi connectivity index (χ3n) is 4.65. The molecule has 31 heavy (non-hydrogen) atoms. The Morgan fingerprint density at radius 1 is 1.29 bits per heavy atom. The number of carbonyl (C=O) groups is 3. The van der Waals surface area contributed by atoms with Crippen LogP contribution < -0.4 is 10.2 Å². The van der Waals surface area contributed by atoms with E-state index in [9.17, 15) is 14.4 Å². The van der Waals surface area contributed by atoms with Crippen molar-refractivity contribution in [1.82, 2.24) is 10.2 Å². The number of carbonyl (C=O) groups excluding carboxylic acids is 3. The van der Waals surface area contributed by atoms with E-state index in [1.54, 1.807) is 58.9 Å². The molecule has 2 aliphatic heterocycles. The van der Waals surface area contributed by atoms with E-state index in [2.05, 4.69) is 5.32 Å². The zero-order valence-corrected chi connectivity index (χ0v) is 19.5. The topological polar surface area (TPSA) is 88.2 Å². The van der Waals surface area contributed by atoms with Gasteiger partial charge in [0.05, 0.1) is 18.3 Å². The second-order valence-corrected chi connectivity index (χ2v) is 9.46. The summed E-state index contributed by atoms with van der Waals surface area (Å²) < 4.78 is 11.2. The van der Waals surface area contributed by atoms with Crippen LogP contribution >= 0.6 is 23.8 Å². The average Bonchev–Trinajstić information content (AvgIpc) is 2.93. The highest BCUT2D eigenvalue weighted by molar-refractivity contribution is 7.80. The highest BCUT2D eigenvalue weighted by Crippen LogP contribution is 2.31. The van der Waals surface area contributed by atoms with Gasteiger partial charge in [0.2, 0.25) is 0 Å². The van der Waals surface area contributed by atoms with E-state index in [0.717, 1.165) is 0 Å². The van der Waals surface area contributed by atoms with Crippen LogP contribution in [0.15, 0.2) is 35.9 Å². The zero-order chi connectivity index (χ0) is 23.1. The molecule has 3 amide bonds. The van der Waals surface area contributed by atoms with Crippen molar-refractivity contribution in [3.8, 4) is 0 Å². The minimum Gasteiger partial charge on any atom is -0.444 e. The van der Waals surface area contributed by atoms with Crippen molar-refractivity contribution < 1.29 is 23.9 Å². The molecule has 2 fully saturated rings. The third-order valence-corrected chi connectivity index (χ3v) is 5.19. The van der Waals surface area contributed by atoms with E-state index in [-0.39, 0.29) is 17.3 Å². The Hall–Kier alpha value is -2.49. The lowest BCUT2D eigenvalue weighted by Gasteiger charge is -2.35. The van der Waals surface area contributed by atoms with Crippen LogP contribution in [0.4, 0.5) is 10.5 Å². The Kier molecular flexibility index (Phi) is 6.14. The SMILES string of the molecule is CC(C)(C)OC(=O)N1[C@H](/C=C2/C(=O)NC(=S)N(c3ccc(Cl)cc3)C2=O)COC1(C)C. The maximum Gasteiger partial charge on any atom is 0.413 e. The van der Waals surface area contributed by atoms with Gasteiger partial charge in [-0.3, -0.25) is 24.7 Å². The van der Waals surface area contributed by atoms with Gasteiger partial charge in [0.1, 0.15) is 16.9 Å². The number of thiocarbonyl (C=S) groups is 1. The summed E-state index contributed by atoms with van der Waals surface area (Å²) in [6.07, 6.45) is 0.812. The molecule has 0 unspecified atom stereocenters. The number of benzene rings is 1. The summed E-state index contributed by atoms with van der Waals surface area (Å²) in [7, 11) is 0. The smallest absolute Gasteiger partial charge is 0.413 e. The number of anilines is 1. The van der Waals surface area contributed by atoms with Crippen molar-refractivity contribution in [2.45, 2.75) is 52.0 Å². The van der Waals surface area contributed by atoms with Crippen LogP contribution in [0.2, 0.25) is 5.02 Å². The second kappa shape index (κ2) is 8.22. The lowest BCUT2D eigenvalue weighted by atomic mass is 10.1. The fourth-order valence-corrected chi connectivity index (χ4v) is 3.72. The summed E-state index contributed by atoms with van der Waals surface area (Å²) in [4.78, 5) is 41.2. The van der Waals surface area contributed by atoms with E-state index in [0.29, 0.717) is 10.7 Å². The highest BCUT2D eigenvalue weighted by atomic mass is 35.5. The number of halogens is 1. The number of ether oxygens (including phenoxy) is 2. The number of nitrogens with one attached hydrogen (secondary N) is 1. The first-order chi connectivity index (χ1) is 14.3. The normalized spacial score (nSPS) is 22.7. The summed E-state index contributed by atoms with van der Waals surface area (Å²) in [5, 5.41) is 2.98. The van der Waals surface area contributed by atoms with Gasteiger partial charge in [-0.05, 0) is 77.2 Å². The molecule has 2 heterocycles. The van der Waals surface area contributed by atoms with Gasteiger partial charge in [-0.25, -0.2) is 4.79 Å². The standard InChI is InChI=1S/C21H24ClN3O5S/c1-20(2,3)30-19(28)25-14(11-29-21(25,4)5)10-15-16(26)23-18(31)24(17(15)27)13-8-6-12(22)7-9-13/h6-10,14H,11H2,1-5H3,(H,23,26,31)/b15-10-/t14-/m1/s1. The van der Waals surface area contributed by atoms with Crippen LogP contribution in [-0.4, -0.2) is 51.9 Å². The molecule has 0 saturated carbocycles. The monoisotopic (exact) mass is 465 g/mol. The van der Waals surface area contributed by atoms with E-state index >= 15 is 0 Å². The Morgan fingerprint density at radius 3 is 2.48 bits per heavy atom. The fraction of sp³-hybridized carbons (Fsp3) is 0.429. The summed E-state index contributed by atoms with van der Waals surface area (Å²) in [5.41, 5.74) is -1.40. The molecule has 3 rings (SSSR count). The van der Waals surface area contributed by atoms with Gasteiger partial charge in [0, 0.05) is 5.02 Å². The van der Waals surface area contributed by atoms with Gasteiger partial charge in [0.15, 0.2) is 5.11 Å². The predicted molar refractivity (Wildman–Crippen MR) is 120 cm³/mol. The molecule has 166 valence electrons. The molecule has 0 bridgehead atoms. The van der Waals surface area contributed by atoms with Gasteiger partial charge in [-0.1, -0.05) is 11.6 Å². The maximum absolute atomic E-state index is 13.2. The summed E-state index contributed by atoms with van der Waals surface area (Å²) in [6, 6.07) is 5.79. The molecule has 0 aliphatic carbocycles. The number of hydrogen-bond acceptors (Lipinski definition) is 6. The minimum atomic E-state index is -0.983. The lowest BCUT2D eigenvalue weighted by molar-refractivity contribution is -0.122. The molecule has 0 radical (unpaired) electrons. The van der Waals surface area contributed by atoms with Crippen LogP contribution in [0.5, 0.6) is 0 Å². The molecule has 10 heteroatoms. The van der Waals surface area contributed by atoms with Gasteiger partial charge in [0.25, 0.3) is 11.8 Å². The highest BCUT2D eigenvalue weighted by Gasteiger charge is 2.46. The Balaban J connectivity index is 1.95. The van der Waals surface area contributed by atoms with E-state index in [4.69, 9.17) is 33.3 Å². The number of nitrogens with zero attached hydrogens (tertiary/aromatic N) is 2. The lowest BCUT2D eigenvalue weighted by Crippen LogP contribution is -2.55. The molecular weight excluding hydrogens is 442 g/mol. The number of amides is 3. The molecule has 1 aromatic carbocycles. The van der Waals surface area contributed by atoms with Gasteiger partial charge in [-0.15, -0.1) is 0 Å². The van der Waals surface area contributed by atoms with Crippen molar-refractivity contribution >= 4 is 52.5 Å². The van der Waals surface area contributed by atoms with E-state index in [1.807, 2.05) is 0 Å². The Morgan fingerprint density at radius 2 is 1.90 bits per heavy atom. The minimum absolute atomic E-state index is 0.0403. The van der Waals surface area contributed by atoms with Crippen LogP contribution in [0.1, 0.15) is 34.6 Å². The van der Waals surface area contributed by atoms with Gasteiger partial charge < -0.3 is 9.47 Å². The summed E-state index contributed by atoms with van der Waals surface area (Å²) >= 11 is 11.1. The quantitative estimate of drug-likeness (QED) is 0.409. The Labute approximate surface area is 191 Å². The first kappa shape index (κ1) is 23.2. The molecule has 2 saturated heterocycles. The third kappa shape index (κ3) is 4.89. The molecule has 1 N–H and O–H groups in total. The summed E-state index contributed by atoms with van der Waals surface area (Å²) in [6.45, 7) is 8.80. The Bertz CT molecular complexity index is 968. The second-order valence-electron chi connectivity index (χ2n) is 8.63. The molecule has 0 aromatic heterocycles. The van der Waals surface area contributed by atoms with E-state index in [1.165, 1.54) is 15.9 Å². The number of hydrogen-bond donors (Lipinski definition) is 1. The van der Waals surface area contributed by atoms with Crippen molar-refractivity contribution in [2.75, 3.05) is 11.5 Å². The molecule has 1 aromatic rings. The van der Waals surface area contributed by atoms with Crippen molar-refractivity contribution in [3.63, 3.8) is 0 Å². The predicted octanol–water partition coefficient (Wildman–Crippen LogP) is 3.39.